The Labute approximate surface area is 271 Å². The molecule has 11 heteroatoms. The van der Waals surface area contributed by atoms with Crippen LogP contribution < -0.4 is 14.9 Å². The van der Waals surface area contributed by atoms with E-state index < -0.39 is 20.6 Å². The van der Waals surface area contributed by atoms with Crippen LogP contribution in [0.1, 0.15) is 52.9 Å². The van der Waals surface area contributed by atoms with E-state index in [-0.39, 0.29) is 23.3 Å². The third-order valence-corrected chi connectivity index (χ3v) is 8.84. The maximum Gasteiger partial charge on any atom is 0.289 e. The Bertz CT molecular complexity index is 1820. The Balaban J connectivity index is 1.69. The lowest BCUT2D eigenvalue weighted by Crippen LogP contribution is -2.33. The molecule has 46 heavy (non-hydrogen) atoms. The highest BCUT2D eigenvalue weighted by atomic mass is 32.2. The van der Waals surface area contributed by atoms with Crippen molar-refractivity contribution in [2.45, 2.75) is 52.9 Å². The van der Waals surface area contributed by atoms with Gasteiger partial charge in [-0.2, -0.15) is 0 Å². The van der Waals surface area contributed by atoms with E-state index in [1.54, 1.807) is 12.4 Å². The second kappa shape index (κ2) is 14.7. The van der Waals surface area contributed by atoms with Crippen LogP contribution >= 0.6 is 0 Å². The third kappa shape index (κ3) is 8.55. The van der Waals surface area contributed by atoms with Gasteiger partial charge in [-0.05, 0) is 63.8 Å². The molecule has 0 unspecified atom stereocenters. The van der Waals surface area contributed by atoms with Gasteiger partial charge in [0.1, 0.15) is 0 Å². The van der Waals surface area contributed by atoms with Crippen molar-refractivity contribution in [1.82, 2.24) is 9.71 Å². The van der Waals surface area contributed by atoms with Crippen LogP contribution in [-0.2, 0) is 10.0 Å². The molecule has 0 aliphatic carbocycles. The first-order chi connectivity index (χ1) is 21.7. The molecule has 0 bridgehead atoms. The van der Waals surface area contributed by atoms with E-state index in [4.69, 9.17) is 0 Å². The van der Waals surface area contributed by atoms with Gasteiger partial charge in [0, 0.05) is 43.0 Å². The van der Waals surface area contributed by atoms with E-state index >= 15 is 0 Å². The molecule has 0 atom stereocenters. The van der Waals surface area contributed by atoms with Gasteiger partial charge in [-0.1, -0.05) is 72.5 Å². The maximum absolute atomic E-state index is 13.6. The Hall–Kier alpha value is -4.61. The van der Waals surface area contributed by atoms with Crippen LogP contribution in [-0.4, -0.2) is 43.9 Å². The number of carbonyl (C=O) groups excluding carboxylic acids is 1. The lowest BCUT2D eigenvalue weighted by atomic mass is 9.99. The average molecular weight is 644 g/mol. The monoisotopic (exact) mass is 643 g/mol. The summed E-state index contributed by atoms with van der Waals surface area (Å²) in [6, 6.07) is 17.2. The molecule has 0 saturated heterocycles. The minimum atomic E-state index is -4.12. The quantitative estimate of drug-likeness (QED) is 0.0912. The van der Waals surface area contributed by atoms with Crippen LogP contribution in [0.4, 0.5) is 17.1 Å². The first-order valence-electron chi connectivity index (χ1n) is 15.2. The largest absolute Gasteiger partial charge is 0.369 e. The van der Waals surface area contributed by atoms with Gasteiger partial charge in [-0.3, -0.25) is 19.9 Å². The van der Waals surface area contributed by atoms with Gasteiger partial charge in [-0.15, -0.1) is 0 Å². The number of sulfonamides is 1. The summed E-state index contributed by atoms with van der Waals surface area (Å²) < 4.78 is 28.6. The lowest BCUT2D eigenvalue weighted by Gasteiger charge is -2.31. The number of nitrogens with one attached hydrogen (secondary N) is 2. The van der Waals surface area contributed by atoms with Crippen molar-refractivity contribution < 1.29 is 18.1 Å². The summed E-state index contributed by atoms with van der Waals surface area (Å²) in [6.07, 6.45) is 3.83. The summed E-state index contributed by atoms with van der Waals surface area (Å²) >= 11 is 0. The van der Waals surface area contributed by atoms with Crippen molar-refractivity contribution in [3.63, 3.8) is 0 Å². The van der Waals surface area contributed by atoms with Crippen molar-refractivity contribution >= 4 is 33.0 Å². The molecule has 0 fully saturated rings. The molecule has 0 radical (unpaired) electrons. The summed E-state index contributed by atoms with van der Waals surface area (Å²) in [5.74, 6) is -0.0268. The van der Waals surface area contributed by atoms with Gasteiger partial charge in [0.2, 0.25) is 10.0 Å². The van der Waals surface area contributed by atoms with Crippen LogP contribution in [0.5, 0.6) is 0 Å². The Kier molecular flexibility index (Phi) is 10.9. The minimum Gasteiger partial charge on any atom is -0.369 e. The molecule has 4 aromatic rings. The summed E-state index contributed by atoms with van der Waals surface area (Å²) in [4.78, 5) is 30.6. The first-order valence-corrected chi connectivity index (χ1v) is 16.7. The molecule has 242 valence electrons. The van der Waals surface area contributed by atoms with Gasteiger partial charge in [0.15, 0.2) is 4.90 Å². The maximum atomic E-state index is 13.6. The SMILES string of the molecule is Cc1cc(C)cc(C(=O)Nc2cncc(-c3cc(C)cc(C)c3)c2N(CCCNS(=O)(=O)c2ccccc2[N+](=O)[O-])CC(C)C)c1. The summed E-state index contributed by atoms with van der Waals surface area (Å²) in [7, 11) is -4.12. The molecule has 1 heterocycles. The molecule has 1 aromatic heterocycles. The van der Waals surface area contributed by atoms with Gasteiger partial charge < -0.3 is 10.2 Å². The van der Waals surface area contributed by atoms with Crippen molar-refractivity contribution in [3.05, 3.63) is 111 Å². The molecular formula is C35H41N5O5S. The number of anilines is 2. The van der Waals surface area contributed by atoms with E-state index in [1.165, 1.54) is 24.3 Å². The van der Waals surface area contributed by atoms with Crippen LogP contribution in [0.2, 0.25) is 0 Å². The second-order valence-electron chi connectivity index (χ2n) is 12.1. The van der Waals surface area contributed by atoms with Gasteiger partial charge >= 0.3 is 0 Å². The highest BCUT2D eigenvalue weighted by molar-refractivity contribution is 7.89. The Morgan fingerprint density at radius 3 is 2.15 bits per heavy atom. The van der Waals surface area contributed by atoms with E-state index in [0.29, 0.717) is 30.8 Å². The van der Waals surface area contributed by atoms with Crippen molar-refractivity contribution in [1.29, 1.82) is 0 Å². The van der Waals surface area contributed by atoms with Crippen LogP contribution in [0.15, 0.2) is 78.0 Å². The number of carbonyl (C=O) groups is 1. The Morgan fingerprint density at radius 1 is 0.935 bits per heavy atom. The van der Waals surface area contributed by atoms with Gasteiger partial charge in [0.05, 0.1) is 22.5 Å². The number of hydrogen-bond donors (Lipinski definition) is 2. The number of para-hydroxylation sites is 1. The van der Waals surface area contributed by atoms with Crippen molar-refractivity contribution in [3.8, 4) is 11.1 Å². The molecule has 10 nitrogen and oxygen atoms in total. The third-order valence-electron chi connectivity index (χ3n) is 7.33. The number of amides is 1. The van der Waals surface area contributed by atoms with Gasteiger partial charge in [0.25, 0.3) is 11.6 Å². The molecule has 0 aliphatic rings. The fourth-order valence-electron chi connectivity index (χ4n) is 5.65. The van der Waals surface area contributed by atoms with Crippen molar-refractivity contribution in [2.75, 3.05) is 29.9 Å². The normalized spacial score (nSPS) is 11.5. The number of aryl methyl sites for hydroxylation is 4. The molecule has 4 rings (SSSR count). The highest BCUT2D eigenvalue weighted by Gasteiger charge is 2.25. The number of pyridine rings is 1. The van der Waals surface area contributed by atoms with Crippen LogP contribution in [0.3, 0.4) is 0 Å². The van der Waals surface area contributed by atoms with E-state index in [0.717, 1.165) is 39.1 Å². The highest BCUT2D eigenvalue weighted by Crippen LogP contribution is 2.38. The summed E-state index contributed by atoms with van der Waals surface area (Å²) in [5, 5.41) is 14.6. The van der Waals surface area contributed by atoms with Crippen molar-refractivity contribution in [2.24, 2.45) is 5.92 Å². The zero-order valence-electron chi connectivity index (χ0n) is 27.1. The fraction of sp³-hybridized carbons (Fsp3) is 0.314. The molecule has 1 amide bonds. The molecule has 0 spiro atoms. The zero-order valence-corrected chi connectivity index (χ0v) is 27.9. The molecule has 2 N–H and O–H groups in total. The molecule has 0 aliphatic heterocycles. The van der Waals surface area contributed by atoms with E-state index in [1.807, 2.05) is 45.9 Å². The average Bonchev–Trinajstić information content (AvgIpc) is 2.97. The summed E-state index contributed by atoms with van der Waals surface area (Å²) in [6.45, 7) is 13.3. The fourth-order valence-corrected chi connectivity index (χ4v) is 6.90. The number of nitro groups is 1. The number of nitrogens with zero attached hydrogens (tertiary/aromatic N) is 3. The molecular weight excluding hydrogens is 602 g/mol. The smallest absolute Gasteiger partial charge is 0.289 e. The summed E-state index contributed by atoms with van der Waals surface area (Å²) in [5.41, 5.74) is 7.33. The second-order valence-corrected chi connectivity index (χ2v) is 13.8. The van der Waals surface area contributed by atoms with E-state index in [9.17, 15) is 23.3 Å². The number of aromatic nitrogens is 1. The lowest BCUT2D eigenvalue weighted by molar-refractivity contribution is -0.387. The van der Waals surface area contributed by atoms with Gasteiger partial charge in [-0.25, -0.2) is 13.1 Å². The predicted molar refractivity (Wildman–Crippen MR) is 183 cm³/mol. The standard InChI is InChI=1S/C35H41N5O5S/c1-23(2)22-39(13-9-12-37-46(44,45)33-11-8-7-10-32(33)40(42)43)34-30(28-16-24(3)14-25(4)17-28)20-36-21-31(34)38-35(41)29-18-26(5)15-27(6)19-29/h7-8,10-11,14-21,23,37H,9,12-13,22H2,1-6H3,(H,38,41). The molecule has 0 saturated carbocycles. The topological polar surface area (TPSA) is 135 Å². The van der Waals surface area contributed by atoms with Crippen LogP contribution in [0.25, 0.3) is 11.1 Å². The number of rotatable bonds is 13. The number of benzene rings is 3. The predicted octanol–water partition coefficient (Wildman–Crippen LogP) is 6.97. The minimum absolute atomic E-state index is 0.0528. The van der Waals surface area contributed by atoms with E-state index in [2.05, 4.69) is 52.0 Å². The Morgan fingerprint density at radius 2 is 1.54 bits per heavy atom. The first kappa shape index (κ1) is 34.3. The number of hydrogen-bond acceptors (Lipinski definition) is 7. The number of nitro benzene ring substituents is 1. The molecule has 3 aromatic carbocycles. The zero-order chi connectivity index (χ0) is 33.6. The van der Waals surface area contributed by atoms with Crippen LogP contribution in [0, 0.1) is 43.7 Å².